The third-order valence-corrected chi connectivity index (χ3v) is 2.62. The number of amides is 1. The number of hydrogen-bond donors (Lipinski definition) is 1. The molecular weight excluding hydrogens is 214 g/mol. The van der Waals surface area contributed by atoms with Crippen molar-refractivity contribution in [1.29, 1.82) is 0 Å². The molecule has 17 heavy (non-hydrogen) atoms. The van der Waals surface area contributed by atoms with Crippen molar-refractivity contribution in [3.63, 3.8) is 0 Å². The zero-order valence-corrected chi connectivity index (χ0v) is 9.77. The highest BCUT2D eigenvalue weighted by Crippen LogP contribution is 2.23. The van der Waals surface area contributed by atoms with Crippen LogP contribution in [0.5, 0.6) is 0 Å². The highest BCUT2D eigenvalue weighted by atomic mass is 16.1. The van der Waals surface area contributed by atoms with Crippen molar-refractivity contribution in [1.82, 2.24) is 9.97 Å². The Kier molecular flexibility index (Phi) is 2.87. The first-order valence-corrected chi connectivity index (χ1v) is 5.28. The van der Waals surface area contributed by atoms with E-state index >= 15 is 0 Å². The van der Waals surface area contributed by atoms with Gasteiger partial charge in [0.1, 0.15) is 0 Å². The van der Waals surface area contributed by atoms with Gasteiger partial charge in [0, 0.05) is 23.7 Å². The Bertz CT molecular complexity index is 579. The summed E-state index contributed by atoms with van der Waals surface area (Å²) in [5.41, 5.74) is 9.27. The molecule has 0 aliphatic rings. The second kappa shape index (κ2) is 4.33. The third-order valence-electron chi connectivity index (χ3n) is 2.62. The van der Waals surface area contributed by atoms with Crippen molar-refractivity contribution in [3.05, 3.63) is 47.4 Å². The molecule has 4 nitrogen and oxygen atoms in total. The van der Waals surface area contributed by atoms with Crippen LogP contribution in [0.25, 0.3) is 11.3 Å². The number of hydrogen-bond acceptors (Lipinski definition) is 3. The van der Waals surface area contributed by atoms with Crippen LogP contribution in [-0.2, 0) is 0 Å². The van der Waals surface area contributed by atoms with E-state index < -0.39 is 5.91 Å². The van der Waals surface area contributed by atoms with Crippen LogP contribution in [0.15, 0.2) is 30.6 Å². The average molecular weight is 227 g/mol. The average Bonchev–Trinajstić information content (AvgIpc) is 2.30. The molecule has 0 saturated carbocycles. The molecule has 0 aliphatic heterocycles. The van der Waals surface area contributed by atoms with E-state index in [1.807, 2.05) is 26.0 Å². The first kappa shape index (κ1) is 11.3. The zero-order valence-electron chi connectivity index (χ0n) is 9.77. The molecule has 2 N–H and O–H groups in total. The van der Waals surface area contributed by atoms with Gasteiger partial charge in [0.05, 0.1) is 11.3 Å². The summed E-state index contributed by atoms with van der Waals surface area (Å²) in [6.45, 7) is 3.83. The van der Waals surface area contributed by atoms with Crippen LogP contribution in [0.4, 0.5) is 0 Å². The highest BCUT2D eigenvalue weighted by Gasteiger charge is 2.09. The molecule has 0 radical (unpaired) electrons. The quantitative estimate of drug-likeness (QED) is 0.851. The number of pyridine rings is 2. The first-order valence-electron chi connectivity index (χ1n) is 5.28. The monoisotopic (exact) mass is 227 g/mol. The SMILES string of the molecule is Cc1cc(C(N)=O)cnc1-c1cccnc1C. The van der Waals surface area contributed by atoms with E-state index in [2.05, 4.69) is 9.97 Å². The van der Waals surface area contributed by atoms with Crippen LogP contribution in [0.3, 0.4) is 0 Å². The fourth-order valence-corrected chi connectivity index (χ4v) is 1.73. The smallest absolute Gasteiger partial charge is 0.250 e. The number of nitrogens with two attached hydrogens (primary N) is 1. The lowest BCUT2D eigenvalue weighted by molar-refractivity contribution is 0.1000. The molecule has 0 aromatic carbocycles. The summed E-state index contributed by atoms with van der Waals surface area (Å²) < 4.78 is 0. The van der Waals surface area contributed by atoms with Gasteiger partial charge in [0.15, 0.2) is 0 Å². The lowest BCUT2D eigenvalue weighted by atomic mass is 10.0. The number of rotatable bonds is 2. The van der Waals surface area contributed by atoms with E-state index in [0.29, 0.717) is 5.56 Å². The number of primary amides is 1. The highest BCUT2D eigenvalue weighted by molar-refractivity contribution is 5.93. The van der Waals surface area contributed by atoms with Crippen LogP contribution in [0.2, 0.25) is 0 Å². The lowest BCUT2D eigenvalue weighted by Crippen LogP contribution is -2.11. The minimum atomic E-state index is -0.463. The molecule has 4 heteroatoms. The minimum absolute atomic E-state index is 0.424. The summed E-state index contributed by atoms with van der Waals surface area (Å²) in [4.78, 5) is 19.6. The Labute approximate surface area is 99.5 Å². The van der Waals surface area contributed by atoms with Crippen LogP contribution in [0, 0.1) is 13.8 Å². The minimum Gasteiger partial charge on any atom is -0.366 e. The van der Waals surface area contributed by atoms with Crippen LogP contribution >= 0.6 is 0 Å². The Morgan fingerprint density at radius 2 is 2.06 bits per heavy atom. The Balaban J connectivity index is 2.55. The summed E-state index contributed by atoms with van der Waals surface area (Å²) >= 11 is 0. The van der Waals surface area contributed by atoms with Gasteiger partial charge in [-0.1, -0.05) is 0 Å². The normalized spacial score (nSPS) is 10.2. The molecule has 2 aromatic heterocycles. The molecule has 2 heterocycles. The van der Waals surface area contributed by atoms with E-state index in [1.54, 1.807) is 12.3 Å². The van der Waals surface area contributed by atoms with Crippen molar-refractivity contribution >= 4 is 5.91 Å². The topological polar surface area (TPSA) is 68.9 Å². The molecule has 0 saturated heterocycles. The molecule has 0 bridgehead atoms. The molecule has 0 spiro atoms. The summed E-state index contributed by atoms with van der Waals surface area (Å²) in [6.07, 6.45) is 3.24. The maximum atomic E-state index is 11.0. The van der Waals surface area contributed by atoms with Crippen molar-refractivity contribution in [2.45, 2.75) is 13.8 Å². The summed E-state index contributed by atoms with van der Waals surface area (Å²) in [6, 6.07) is 5.57. The fraction of sp³-hybridized carbons (Fsp3) is 0.154. The Morgan fingerprint density at radius 3 is 2.65 bits per heavy atom. The van der Waals surface area contributed by atoms with Crippen molar-refractivity contribution in [2.75, 3.05) is 0 Å². The van der Waals surface area contributed by atoms with Gasteiger partial charge >= 0.3 is 0 Å². The predicted molar refractivity (Wildman–Crippen MR) is 65.5 cm³/mol. The Hall–Kier alpha value is -2.23. The maximum absolute atomic E-state index is 11.0. The van der Waals surface area contributed by atoms with Gasteiger partial charge in [-0.25, -0.2) is 0 Å². The largest absolute Gasteiger partial charge is 0.366 e. The summed E-state index contributed by atoms with van der Waals surface area (Å²) in [5, 5.41) is 0. The molecule has 0 unspecified atom stereocenters. The van der Waals surface area contributed by atoms with Crippen LogP contribution in [-0.4, -0.2) is 15.9 Å². The van der Waals surface area contributed by atoms with E-state index in [4.69, 9.17) is 5.73 Å². The molecule has 86 valence electrons. The fourth-order valence-electron chi connectivity index (χ4n) is 1.73. The molecule has 0 aliphatic carbocycles. The second-order valence-corrected chi connectivity index (χ2v) is 3.89. The molecule has 2 rings (SSSR count). The van der Waals surface area contributed by atoms with Gasteiger partial charge in [-0.2, -0.15) is 0 Å². The number of carbonyl (C=O) groups excluding carboxylic acids is 1. The first-order chi connectivity index (χ1) is 8.09. The predicted octanol–water partition coefficient (Wildman–Crippen LogP) is 1.86. The standard InChI is InChI=1S/C13H13N3O/c1-8-6-10(13(14)17)7-16-12(8)11-4-3-5-15-9(11)2/h3-7H,1-2H3,(H2,14,17). The molecular formula is C13H13N3O. The second-order valence-electron chi connectivity index (χ2n) is 3.89. The van der Waals surface area contributed by atoms with E-state index in [1.165, 1.54) is 6.20 Å². The van der Waals surface area contributed by atoms with Gasteiger partial charge in [0.25, 0.3) is 0 Å². The van der Waals surface area contributed by atoms with E-state index in [0.717, 1.165) is 22.5 Å². The number of carbonyl (C=O) groups is 1. The molecule has 0 atom stereocenters. The molecule has 0 fully saturated rings. The Morgan fingerprint density at radius 1 is 1.29 bits per heavy atom. The lowest BCUT2D eigenvalue weighted by Gasteiger charge is -2.08. The zero-order chi connectivity index (χ0) is 12.4. The van der Waals surface area contributed by atoms with Gasteiger partial charge in [0.2, 0.25) is 5.91 Å². The van der Waals surface area contributed by atoms with Gasteiger partial charge in [-0.05, 0) is 37.6 Å². The number of nitrogens with zero attached hydrogens (tertiary/aromatic N) is 2. The van der Waals surface area contributed by atoms with Crippen molar-refractivity contribution in [2.24, 2.45) is 5.73 Å². The van der Waals surface area contributed by atoms with Crippen molar-refractivity contribution < 1.29 is 4.79 Å². The van der Waals surface area contributed by atoms with Crippen LogP contribution < -0.4 is 5.73 Å². The molecule has 2 aromatic rings. The molecule has 1 amide bonds. The van der Waals surface area contributed by atoms with E-state index in [9.17, 15) is 4.79 Å². The van der Waals surface area contributed by atoms with Gasteiger partial charge in [-0.15, -0.1) is 0 Å². The number of aromatic nitrogens is 2. The van der Waals surface area contributed by atoms with Gasteiger partial charge < -0.3 is 5.73 Å². The third kappa shape index (κ3) is 2.15. The van der Waals surface area contributed by atoms with Crippen LogP contribution in [0.1, 0.15) is 21.6 Å². The summed E-state index contributed by atoms with van der Waals surface area (Å²) in [7, 11) is 0. The maximum Gasteiger partial charge on any atom is 0.250 e. The van der Waals surface area contributed by atoms with Crippen molar-refractivity contribution in [3.8, 4) is 11.3 Å². The summed E-state index contributed by atoms with van der Waals surface area (Å²) in [5.74, 6) is -0.463. The number of aryl methyl sites for hydroxylation is 2. The van der Waals surface area contributed by atoms with Gasteiger partial charge in [-0.3, -0.25) is 14.8 Å². The van der Waals surface area contributed by atoms with E-state index in [-0.39, 0.29) is 0 Å².